The third-order valence-electron chi connectivity index (χ3n) is 7.98. The van der Waals surface area contributed by atoms with Gasteiger partial charge in [-0.25, -0.2) is 4.79 Å². The molecule has 4 aliphatic heterocycles. The zero-order valence-electron chi connectivity index (χ0n) is 23.0. The van der Waals surface area contributed by atoms with Crippen molar-refractivity contribution in [3.63, 3.8) is 0 Å². The van der Waals surface area contributed by atoms with E-state index in [9.17, 15) is 28.8 Å². The van der Waals surface area contributed by atoms with E-state index in [1.54, 1.807) is 43.9 Å². The van der Waals surface area contributed by atoms with Crippen LogP contribution < -0.4 is 16.0 Å². The van der Waals surface area contributed by atoms with E-state index in [0.29, 0.717) is 51.0 Å². The Balaban J connectivity index is 1.14. The molecule has 12 nitrogen and oxygen atoms in total. The van der Waals surface area contributed by atoms with Crippen molar-refractivity contribution in [2.75, 3.05) is 25.0 Å². The highest BCUT2D eigenvalue weighted by Gasteiger charge is 2.65. The smallest absolute Gasteiger partial charge is 0.407 e. The molecule has 2 bridgehead atoms. The molecule has 4 heterocycles. The Morgan fingerprint density at radius 1 is 1.07 bits per heavy atom. The van der Waals surface area contributed by atoms with Gasteiger partial charge in [0.15, 0.2) is 0 Å². The summed E-state index contributed by atoms with van der Waals surface area (Å²) in [5, 5.41) is 8.34. The van der Waals surface area contributed by atoms with E-state index in [0.717, 1.165) is 4.90 Å². The molecule has 40 heavy (non-hydrogen) atoms. The number of piperidine rings is 3. The molecule has 1 saturated carbocycles. The van der Waals surface area contributed by atoms with Gasteiger partial charge in [-0.1, -0.05) is 6.07 Å². The van der Waals surface area contributed by atoms with E-state index in [1.807, 2.05) is 0 Å². The minimum Gasteiger partial charge on any atom is -0.444 e. The molecule has 3 N–H and O–H groups in total. The monoisotopic (exact) mass is 553 g/mol. The van der Waals surface area contributed by atoms with E-state index in [2.05, 4.69) is 16.0 Å². The number of hydrogen-bond donors (Lipinski definition) is 3. The molecule has 1 aromatic carbocycles. The van der Waals surface area contributed by atoms with Crippen LogP contribution in [-0.2, 0) is 19.1 Å². The minimum atomic E-state index is -1.31. The Morgan fingerprint density at radius 2 is 1.77 bits per heavy atom. The third-order valence-corrected chi connectivity index (χ3v) is 7.98. The molecular formula is C28H35N5O7. The van der Waals surface area contributed by atoms with Crippen molar-refractivity contribution in [2.45, 2.75) is 76.5 Å². The number of likely N-dealkylation sites (tertiary alicyclic amines) is 1. The largest absolute Gasteiger partial charge is 0.444 e. The SMILES string of the molecule is CC(C)(C)OC(=O)NCCCC(=O)N1CCC(Nc2cccc3c2C(=O)N(C24CC(C2)C(=O)NC4=O)C3=O)CC1. The molecular weight excluding hydrogens is 518 g/mol. The molecule has 1 aliphatic carbocycles. The molecule has 4 fully saturated rings. The lowest BCUT2D eigenvalue weighted by Gasteiger charge is -2.52. The van der Waals surface area contributed by atoms with Gasteiger partial charge in [-0.15, -0.1) is 0 Å². The van der Waals surface area contributed by atoms with Crippen molar-refractivity contribution in [2.24, 2.45) is 5.92 Å². The maximum atomic E-state index is 13.5. The number of amides is 6. The number of ether oxygens (including phenoxy) is 1. The first-order valence-corrected chi connectivity index (χ1v) is 13.8. The topological polar surface area (TPSA) is 154 Å². The number of nitrogens with zero attached hydrogens (tertiary/aromatic N) is 2. The normalized spacial score (nSPS) is 24.3. The van der Waals surface area contributed by atoms with E-state index in [1.165, 1.54) is 0 Å². The number of alkyl carbamates (subject to hydrolysis) is 1. The van der Waals surface area contributed by atoms with Gasteiger partial charge in [-0.05, 0) is 65.0 Å². The van der Waals surface area contributed by atoms with E-state index < -0.39 is 35.0 Å². The number of carbonyl (C=O) groups is 6. The molecule has 5 aliphatic rings. The average molecular weight is 554 g/mol. The number of imide groups is 2. The lowest BCUT2D eigenvalue weighted by atomic mass is 9.63. The fourth-order valence-corrected chi connectivity index (χ4v) is 5.93. The van der Waals surface area contributed by atoms with Crippen LogP contribution in [0.3, 0.4) is 0 Å². The number of fused-ring (bicyclic) bond motifs is 3. The summed E-state index contributed by atoms with van der Waals surface area (Å²) < 4.78 is 5.19. The van der Waals surface area contributed by atoms with Crippen molar-refractivity contribution in [3.8, 4) is 0 Å². The maximum absolute atomic E-state index is 13.5. The molecule has 3 saturated heterocycles. The predicted octanol–water partition coefficient (Wildman–Crippen LogP) is 1.80. The Hall–Kier alpha value is -3.96. The summed E-state index contributed by atoms with van der Waals surface area (Å²) in [5.41, 5.74) is -0.877. The van der Waals surface area contributed by atoms with Gasteiger partial charge in [0.25, 0.3) is 17.7 Å². The molecule has 6 amide bonds. The molecule has 0 atom stereocenters. The number of hydrogen-bond acceptors (Lipinski definition) is 8. The first-order chi connectivity index (χ1) is 18.9. The predicted molar refractivity (Wildman–Crippen MR) is 142 cm³/mol. The number of benzene rings is 1. The highest BCUT2D eigenvalue weighted by molar-refractivity contribution is 6.26. The van der Waals surface area contributed by atoms with Gasteiger partial charge in [0.05, 0.1) is 11.1 Å². The Labute approximate surface area is 232 Å². The van der Waals surface area contributed by atoms with Crippen molar-refractivity contribution in [1.82, 2.24) is 20.4 Å². The summed E-state index contributed by atoms with van der Waals surface area (Å²) in [4.78, 5) is 78.6. The minimum absolute atomic E-state index is 0.0109. The van der Waals surface area contributed by atoms with E-state index in [4.69, 9.17) is 4.74 Å². The zero-order valence-corrected chi connectivity index (χ0v) is 23.0. The lowest BCUT2D eigenvalue weighted by Crippen LogP contribution is -2.74. The second kappa shape index (κ2) is 10.2. The lowest BCUT2D eigenvalue weighted by molar-refractivity contribution is -0.158. The number of carbonyl (C=O) groups excluding carboxylic acids is 6. The fourth-order valence-electron chi connectivity index (χ4n) is 5.93. The van der Waals surface area contributed by atoms with E-state index >= 15 is 0 Å². The fraction of sp³-hybridized carbons (Fsp3) is 0.571. The van der Waals surface area contributed by atoms with Crippen LogP contribution in [0.15, 0.2) is 18.2 Å². The number of rotatable bonds is 7. The molecule has 1 aromatic rings. The van der Waals surface area contributed by atoms with E-state index in [-0.39, 0.29) is 47.7 Å². The van der Waals surface area contributed by atoms with Crippen LogP contribution in [0.1, 0.15) is 80.0 Å². The molecule has 6 rings (SSSR count). The molecule has 214 valence electrons. The van der Waals surface area contributed by atoms with Crippen LogP contribution >= 0.6 is 0 Å². The molecule has 12 heteroatoms. The Bertz CT molecular complexity index is 1270. The van der Waals surface area contributed by atoms with Crippen molar-refractivity contribution >= 4 is 41.3 Å². The van der Waals surface area contributed by atoms with Gasteiger partial charge in [0.1, 0.15) is 11.1 Å². The van der Waals surface area contributed by atoms with Crippen LogP contribution in [-0.4, -0.2) is 82.2 Å². The molecule has 0 spiro atoms. The van der Waals surface area contributed by atoms with Crippen LogP contribution in [0.4, 0.5) is 10.5 Å². The van der Waals surface area contributed by atoms with Crippen molar-refractivity contribution in [3.05, 3.63) is 29.3 Å². The van der Waals surface area contributed by atoms with Gasteiger partial charge < -0.3 is 20.3 Å². The second-order valence-electron chi connectivity index (χ2n) is 12.0. The van der Waals surface area contributed by atoms with Gasteiger partial charge in [-0.3, -0.25) is 34.2 Å². The Kier molecular flexibility index (Phi) is 7.05. The first-order valence-electron chi connectivity index (χ1n) is 13.8. The van der Waals surface area contributed by atoms with Gasteiger partial charge in [-0.2, -0.15) is 0 Å². The summed E-state index contributed by atoms with van der Waals surface area (Å²) in [5.74, 6) is -2.35. The van der Waals surface area contributed by atoms with Crippen molar-refractivity contribution < 1.29 is 33.5 Å². The van der Waals surface area contributed by atoms with Crippen LogP contribution in [0.25, 0.3) is 0 Å². The van der Waals surface area contributed by atoms with Gasteiger partial charge in [0, 0.05) is 43.7 Å². The van der Waals surface area contributed by atoms with Gasteiger partial charge in [0.2, 0.25) is 11.8 Å². The standard InChI is InChI=1S/C28H35N5O7/c1-27(2,3)40-26(39)29-11-5-8-20(34)32-12-9-17(10-13-32)30-19-7-4-6-18-21(19)24(37)33(23(18)36)28-14-16(15-28)22(35)31-25(28)38/h4,6-7,16-17,30H,5,8-15H2,1-3H3,(H,29,39)(H,31,35,38). The zero-order chi connectivity index (χ0) is 28.8. The molecule has 0 aromatic heterocycles. The quantitative estimate of drug-likeness (QED) is 0.341. The van der Waals surface area contributed by atoms with Crippen LogP contribution in [0.5, 0.6) is 0 Å². The summed E-state index contributed by atoms with van der Waals surface area (Å²) in [7, 11) is 0. The highest BCUT2D eigenvalue weighted by Crippen LogP contribution is 2.49. The average Bonchev–Trinajstić information content (AvgIpc) is 3.11. The summed E-state index contributed by atoms with van der Waals surface area (Å²) in [6.07, 6.45) is 1.96. The number of nitrogens with one attached hydrogen (secondary N) is 3. The first kappa shape index (κ1) is 27.6. The van der Waals surface area contributed by atoms with Crippen molar-refractivity contribution in [1.29, 1.82) is 0 Å². The summed E-state index contributed by atoms with van der Waals surface area (Å²) in [6.45, 7) is 6.80. The Morgan fingerprint density at radius 3 is 2.42 bits per heavy atom. The van der Waals surface area contributed by atoms with Crippen LogP contribution in [0.2, 0.25) is 0 Å². The summed E-state index contributed by atoms with van der Waals surface area (Å²) >= 11 is 0. The summed E-state index contributed by atoms with van der Waals surface area (Å²) in [6, 6.07) is 5.02. The maximum Gasteiger partial charge on any atom is 0.407 e. The third kappa shape index (κ3) is 5.02. The molecule has 0 unspecified atom stereocenters. The highest BCUT2D eigenvalue weighted by atomic mass is 16.6. The molecule has 0 radical (unpaired) electrons. The van der Waals surface area contributed by atoms with Crippen LogP contribution in [0, 0.1) is 5.92 Å². The van der Waals surface area contributed by atoms with Gasteiger partial charge >= 0.3 is 6.09 Å². The second-order valence-corrected chi connectivity index (χ2v) is 12.0. The number of anilines is 1.